The van der Waals surface area contributed by atoms with E-state index in [9.17, 15) is 4.79 Å². The van der Waals surface area contributed by atoms with E-state index >= 15 is 0 Å². The summed E-state index contributed by atoms with van der Waals surface area (Å²) in [6.45, 7) is 5.27. The van der Waals surface area contributed by atoms with Crippen molar-refractivity contribution in [2.45, 2.75) is 20.8 Å². The molecule has 0 aliphatic rings. The molecule has 4 rings (SSSR count). The predicted octanol–water partition coefficient (Wildman–Crippen LogP) is 11.1. The number of benzene rings is 4. The van der Waals surface area contributed by atoms with Crippen LogP contribution in [-0.4, -0.2) is 22.2 Å². The maximum atomic E-state index is 10.6. The zero-order valence-corrected chi connectivity index (χ0v) is 28.2. The van der Waals surface area contributed by atoms with E-state index in [1.165, 1.54) is 6.92 Å². The SMILES string of the molecule is CC(=O)Nc1cccc(Cl)c1.CC(=S)Nc1cccc(Cl)c1.CSC(C)=Nc1cccc(Cl)c1.Nc1cccc(Cl)c1. The van der Waals surface area contributed by atoms with E-state index in [4.69, 9.17) is 64.4 Å². The number of carbonyl (C=O) groups is 1. The fraction of sp³-hybridized carbons (Fsp3) is 0.129. The Morgan fingerprint density at radius 2 is 1.17 bits per heavy atom. The van der Waals surface area contributed by atoms with Crippen LogP contribution in [0.5, 0.6) is 0 Å². The van der Waals surface area contributed by atoms with Crippen LogP contribution in [0.25, 0.3) is 0 Å². The number of anilines is 3. The third kappa shape index (κ3) is 18.6. The number of rotatable bonds is 3. The van der Waals surface area contributed by atoms with Crippen LogP contribution < -0.4 is 16.4 Å². The second kappa shape index (κ2) is 21.0. The van der Waals surface area contributed by atoms with Crippen LogP contribution >= 0.6 is 70.4 Å². The smallest absolute Gasteiger partial charge is 0.221 e. The number of amides is 1. The molecule has 0 spiro atoms. The third-order valence-corrected chi connectivity index (χ3v) is 6.25. The molecule has 1 amide bonds. The number of nitrogens with one attached hydrogen (secondary N) is 2. The van der Waals surface area contributed by atoms with Crippen molar-refractivity contribution in [2.75, 3.05) is 22.6 Å². The van der Waals surface area contributed by atoms with Crippen LogP contribution in [0.3, 0.4) is 0 Å². The first kappa shape index (κ1) is 37.2. The first-order valence-electron chi connectivity index (χ1n) is 12.3. The molecular formula is C31H32Cl4N4OS2. The lowest BCUT2D eigenvalue weighted by Crippen LogP contribution is -2.05. The van der Waals surface area contributed by atoms with Gasteiger partial charge in [-0.05, 0) is 92.9 Å². The first-order valence-corrected chi connectivity index (χ1v) is 15.4. The Bertz CT molecular complexity index is 1390. The quantitative estimate of drug-likeness (QED) is 0.0868. The number of aliphatic imine (C=N–C) groups is 1. The Morgan fingerprint density at radius 3 is 1.55 bits per heavy atom. The van der Waals surface area contributed by atoms with Crippen molar-refractivity contribution in [3.8, 4) is 0 Å². The van der Waals surface area contributed by atoms with Crippen LogP contribution in [0.4, 0.5) is 22.7 Å². The van der Waals surface area contributed by atoms with Gasteiger partial charge in [-0.2, -0.15) is 0 Å². The lowest BCUT2D eigenvalue weighted by atomic mass is 10.3. The zero-order chi connectivity index (χ0) is 31.5. The van der Waals surface area contributed by atoms with Crippen molar-refractivity contribution in [2.24, 2.45) is 4.99 Å². The molecular weight excluding hydrogens is 650 g/mol. The molecule has 4 aromatic carbocycles. The summed E-state index contributed by atoms with van der Waals surface area (Å²) < 4.78 is 0. The predicted molar refractivity (Wildman–Crippen MR) is 193 cm³/mol. The highest BCUT2D eigenvalue weighted by molar-refractivity contribution is 8.13. The van der Waals surface area contributed by atoms with Crippen LogP contribution in [0, 0.1) is 0 Å². The molecule has 0 atom stereocenters. The van der Waals surface area contributed by atoms with Crippen molar-refractivity contribution >= 4 is 109 Å². The fourth-order valence-electron chi connectivity index (χ4n) is 2.82. The van der Waals surface area contributed by atoms with Crippen molar-refractivity contribution in [3.63, 3.8) is 0 Å². The minimum Gasteiger partial charge on any atom is -0.399 e. The highest BCUT2D eigenvalue weighted by Gasteiger charge is 1.95. The maximum Gasteiger partial charge on any atom is 0.221 e. The van der Waals surface area contributed by atoms with E-state index in [-0.39, 0.29) is 5.91 Å². The van der Waals surface area contributed by atoms with E-state index in [2.05, 4.69) is 15.6 Å². The summed E-state index contributed by atoms with van der Waals surface area (Å²) in [6, 6.07) is 29.1. The van der Waals surface area contributed by atoms with Crippen molar-refractivity contribution < 1.29 is 4.79 Å². The van der Waals surface area contributed by atoms with Gasteiger partial charge in [-0.3, -0.25) is 4.79 Å². The molecule has 0 bridgehead atoms. The Hall–Kier alpha value is -2.78. The van der Waals surface area contributed by atoms with Gasteiger partial charge < -0.3 is 16.4 Å². The molecule has 222 valence electrons. The minimum atomic E-state index is -0.0905. The number of nitrogen functional groups attached to an aromatic ring is 1. The van der Waals surface area contributed by atoms with Gasteiger partial charge in [0.05, 0.1) is 15.7 Å². The van der Waals surface area contributed by atoms with Crippen molar-refractivity contribution in [3.05, 3.63) is 117 Å². The minimum absolute atomic E-state index is 0.0905. The average molecular weight is 683 g/mol. The maximum absolute atomic E-state index is 10.6. The number of thiocarbonyl (C=S) groups is 1. The lowest BCUT2D eigenvalue weighted by molar-refractivity contribution is -0.114. The van der Waals surface area contributed by atoms with Crippen LogP contribution in [0.15, 0.2) is 102 Å². The molecule has 0 aliphatic heterocycles. The number of hydrogen-bond acceptors (Lipinski definition) is 5. The van der Waals surface area contributed by atoms with Crippen molar-refractivity contribution in [1.82, 2.24) is 0 Å². The van der Waals surface area contributed by atoms with Gasteiger partial charge in [0.15, 0.2) is 0 Å². The summed E-state index contributed by atoms with van der Waals surface area (Å²) >= 11 is 29.3. The Labute approximate surface area is 277 Å². The van der Waals surface area contributed by atoms with Gasteiger partial charge in [0.25, 0.3) is 0 Å². The Kier molecular flexibility index (Phi) is 18.6. The number of carbonyl (C=O) groups excluding carboxylic acids is 1. The molecule has 4 N–H and O–H groups in total. The Balaban J connectivity index is 0.000000282. The number of nitrogens with two attached hydrogens (primary N) is 1. The van der Waals surface area contributed by atoms with Gasteiger partial charge in [0.2, 0.25) is 5.91 Å². The molecule has 0 unspecified atom stereocenters. The molecule has 42 heavy (non-hydrogen) atoms. The molecule has 0 heterocycles. The number of hydrogen-bond donors (Lipinski definition) is 3. The molecule has 0 aromatic heterocycles. The molecule has 4 aromatic rings. The second-order valence-corrected chi connectivity index (χ2v) is 11.6. The summed E-state index contributed by atoms with van der Waals surface area (Å²) in [5.74, 6) is -0.0905. The van der Waals surface area contributed by atoms with Crippen LogP contribution in [0.1, 0.15) is 20.8 Å². The van der Waals surface area contributed by atoms with Gasteiger partial charge in [-0.1, -0.05) is 82.9 Å². The number of thioether (sulfide) groups is 1. The van der Waals surface area contributed by atoms with E-state index in [1.807, 2.05) is 74.7 Å². The molecule has 0 saturated heterocycles. The van der Waals surface area contributed by atoms with Gasteiger partial charge in [0, 0.05) is 44.1 Å². The largest absolute Gasteiger partial charge is 0.399 e. The van der Waals surface area contributed by atoms with Gasteiger partial charge in [0.1, 0.15) is 0 Å². The van der Waals surface area contributed by atoms with Gasteiger partial charge in [-0.25, -0.2) is 4.99 Å². The summed E-state index contributed by atoms with van der Waals surface area (Å²) in [5.41, 5.74) is 8.65. The molecule has 0 saturated carbocycles. The zero-order valence-electron chi connectivity index (χ0n) is 23.5. The molecule has 0 aliphatic carbocycles. The highest BCUT2D eigenvalue weighted by atomic mass is 35.5. The summed E-state index contributed by atoms with van der Waals surface area (Å²) in [6.07, 6.45) is 2.00. The first-order chi connectivity index (χ1) is 19.9. The van der Waals surface area contributed by atoms with E-state index in [0.29, 0.717) is 20.8 Å². The monoisotopic (exact) mass is 680 g/mol. The normalized spacial score (nSPS) is 9.95. The van der Waals surface area contributed by atoms with Crippen LogP contribution in [-0.2, 0) is 4.79 Å². The number of halogens is 4. The fourth-order valence-corrected chi connectivity index (χ4v) is 3.90. The van der Waals surface area contributed by atoms with Crippen molar-refractivity contribution in [1.29, 1.82) is 0 Å². The standard InChI is InChI=1S/C9H10ClNS.C8H8ClNO.C8H8ClNS.C6H6ClN/c1-7(12-2)11-9-5-3-4-8(10)6-9;2*1-6(11)10-8-4-2-3-7(9)5-8;7-5-2-1-3-6(8)4-5/h3-6H,1-2H3;2*2-5H,1H3,(H,10,11);1-4H,8H2. The average Bonchev–Trinajstić information content (AvgIpc) is 2.89. The highest BCUT2D eigenvalue weighted by Crippen LogP contribution is 2.19. The topological polar surface area (TPSA) is 79.5 Å². The molecule has 0 radical (unpaired) electrons. The third-order valence-electron chi connectivity index (χ3n) is 4.53. The molecule has 11 heteroatoms. The molecule has 5 nitrogen and oxygen atoms in total. The summed E-state index contributed by atoms with van der Waals surface area (Å²) in [4.78, 5) is 15.6. The molecule has 0 fully saturated rings. The summed E-state index contributed by atoms with van der Waals surface area (Å²) in [7, 11) is 0. The Morgan fingerprint density at radius 1 is 0.714 bits per heavy atom. The van der Waals surface area contributed by atoms with E-state index in [1.54, 1.807) is 54.2 Å². The van der Waals surface area contributed by atoms with E-state index in [0.717, 1.165) is 32.1 Å². The van der Waals surface area contributed by atoms with Gasteiger partial charge >= 0.3 is 0 Å². The number of nitrogens with zero attached hydrogens (tertiary/aromatic N) is 1. The van der Waals surface area contributed by atoms with Gasteiger partial charge in [-0.15, -0.1) is 11.8 Å². The lowest BCUT2D eigenvalue weighted by Gasteiger charge is -2.02. The summed E-state index contributed by atoms with van der Waals surface area (Å²) in [5, 5.41) is 9.40. The second-order valence-electron chi connectivity index (χ2n) is 8.25. The van der Waals surface area contributed by atoms with E-state index < -0.39 is 0 Å². The van der Waals surface area contributed by atoms with Crippen LogP contribution in [0.2, 0.25) is 20.1 Å².